The van der Waals surface area contributed by atoms with Crippen LogP contribution in [0.1, 0.15) is 83.9 Å². The number of nitrogens with two attached hydrogens (primary N) is 1. The second-order valence-corrected chi connectivity index (χ2v) is 13.0. The third kappa shape index (κ3) is 9.02. The maximum Gasteiger partial charge on any atom is 0.217 e. The van der Waals surface area contributed by atoms with Crippen LogP contribution in [0.3, 0.4) is 0 Å². The minimum Gasteiger partial charge on any atom is -0.390 e. The number of carbonyl (C=O) groups excluding carboxylic acids is 2. The van der Waals surface area contributed by atoms with Crippen molar-refractivity contribution in [3.63, 3.8) is 0 Å². The predicted octanol–water partition coefficient (Wildman–Crippen LogP) is 4.96. The van der Waals surface area contributed by atoms with Gasteiger partial charge in [0.2, 0.25) is 5.91 Å². The van der Waals surface area contributed by atoms with E-state index in [9.17, 15) is 23.5 Å². The summed E-state index contributed by atoms with van der Waals surface area (Å²) in [5.74, 6) is -1.88. The average Bonchev–Trinajstić information content (AvgIpc) is 2.86. The number of benzene rings is 2. The van der Waals surface area contributed by atoms with Gasteiger partial charge in [-0.05, 0) is 86.3 Å². The molecule has 1 fully saturated rings. The molecule has 2 aromatic rings. The van der Waals surface area contributed by atoms with Crippen LogP contribution in [-0.2, 0) is 27.0 Å². The molecule has 2 aromatic carbocycles. The first-order valence-electron chi connectivity index (χ1n) is 14.3. The summed E-state index contributed by atoms with van der Waals surface area (Å²) in [6.45, 7) is 11.4. The van der Waals surface area contributed by atoms with Crippen LogP contribution in [0.15, 0.2) is 54.1 Å². The first-order valence-corrected chi connectivity index (χ1v) is 14.3. The molecule has 1 saturated carbocycles. The Labute approximate surface area is 242 Å². The van der Waals surface area contributed by atoms with Crippen LogP contribution in [-0.4, -0.2) is 41.0 Å². The molecule has 3 rings (SSSR count). The van der Waals surface area contributed by atoms with E-state index in [-0.39, 0.29) is 30.1 Å². The Hall–Kier alpha value is -2.94. The number of hydrogen-bond donors (Lipinski definition) is 4. The highest BCUT2D eigenvalue weighted by molar-refractivity contribution is 5.97. The highest BCUT2D eigenvalue weighted by Gasteiger charge is 2.37. The van der Waals surface area contributed by atoms with E-state index in [1.807, 2.05) is 6.07 Å². The van der Waals surface area contributed by atoms with Gasteiger partial charge >= 0.3 is 0 Å². The van der Waals surface area contributed by atoms with Crippen LogP contribution < -0.4 is 16.4 Å². The predicted molar refractivity (Wildman–Crippen MR) is 158 cm³/mol. The second-order valence-electron chi connectivity index (χ2n) is 13.0. The Morgan fingerprint density at radius 3 is 2.20 bits per heavy atom. The largest absolute Gasteiger partial charge is 0.390 e. The summed E-state index contributed by atoms with van der Waals surface area (Å²) in [4.78, 5) is 24.5. The van der Waals surface area contributed by atoms with E-state index in [1.54, 1.807) is 19.9 Å². The lowest BCUT2D eigenvalue weighted by Crippen LogP contribution is -2.53. The summed E-state index contributed by atoms with van der Waals surface area (Å²) in [7, 11) is 0. The summed E-state index contributed by atoms with van der Waals surface area (Å²) in [5, 5.41) is 17.6. The normalized spacial score (nSPS) is 19.4. The van der Waals surface area contributed by atoms with Crippen LogP contribution in [0.4, 0.5) is 8.78 Å². The standard InChI is InChI=1S/C33H45F2N3O3/c1-21(39)38-28(16-23-14-26(34)19-27(35)15-23)29(40)20-37-33(25-9-7-8-24(18-25)31(2,3)4)12-10-22(11-13-33)17-30(41)32(5,6)36/h7-9,14-15,17-19,28-29,37,40H,10-13,16,20,36H2,1-6H3,(H,38,39)/t28-,29+,33?/m0/s1. The number of hydrogen-bond acceptors (Lipinski definition) is 5. The second kappa shape index (κ2) is 12.9. The Bertz CT molecular complexity index is 1250. The van der Waals surface area contributed by atoms with Crippen LogP contribution in [0.5, 0.6) is 0 Å². The van der Waals surface area contributed by atoms with Gasteiger partial charge < -0.3 is 21.5 Å². The van der Waals surface area contributed by atoms with Crippen molar-refractivity contribution in [3.8, 4) is 0 Å². The van der Waals surface area contributed by atoms with Gasteiger partial charge in [0, 0.05) is 25.1 Å². The van der Waals surface area contributed by atoms with Gasteiger partial charge in [-0.1, -0.05) is 50.6 Å². The van der Waals surface area contributed by atoms with Crippen LogP contribution in [0.2, 0.25) is 0 Å². The number of aliphatic hydroxyl groups excluding tert-OH is 1. The van der Waals surface area contributed by atoms with Gasteiger partial charge in [0.15, 0.2) is 5.78 Å². The van der Waals surface area contributed by atoms with Crippen molar-refractivity contribution < 1.29 is 23.5 Å². The van der Waals surface area contributed by atoms with Crippen molar-refractivity contribution >= 4 is 11.7 Å². The molecule has 0 bridgehead atoms. The van der Waals surface area contributed by atoms with Crippen molar-refractivity contribution in [2.24, 2.45) is 5.73 Å². The maximum atomic E-state index is 13.8. The molecule has 0 unspecified atom stereocenters. The average molecular weight is 570 g/mol. The lowest BCUT2D eigenvalue weighted by atomic mass is 9.72. The van der Waals surface area contributed by atoms with Gasteiger partial charge in [-0.25, -0.2) is 8.78 Å². The van der Waals surface area contributed by atoms with E-state index >= 15 is 0 Å². The molecule has 224 valence electrons. The Morgan fingerprint density at radius 1 is 1.05 bits per heavy atom. The Balaban J connectivity index is 1.88. The quantitative estimate of drug-likeness (QED) is 0.303. The van der Waals surface area contributed by atoms with Crippen molar-refractivity contribution in [1.29, 1.82) is 0 Å². The summed E-state index contributed by atoms with van der Waals surface area (Å²) in [6.07, 6.45) is 3.45. The van der Waals surface area contributed by atoms with Crippen LogP contribution in [0.25, 0.3) is 0 Å². The van der Waals surface area contributed by atoms with E-state index in [4.69, 9.17) is 5.73 Å². The molecule has 1 amide bonds. The SMILES string of the molecule is CC(=O)N[C@@H](Cc1cc(F)cc(F)c1)[C@H](O)CNC1(c2cccc(C(C)(C)C)c2)CCC(=CC(=O)C(C)(C)N)CC1. The van der Waals surface area contributed by atoms with Gasteiger partial charge in [-0.3, -0.25) is 9.59 Å². The maximum absolute atomic E-state index is 13.8. The Morgan fingerprint density at radius 2 is 1.66 bits per heavy atom. The van der Waals surface area contributed by atoms with Gasteiger partial charge in [0.1, 0.15) is 11.6 Å². The molecule has 6 nitrogen and oxygen atoms in total. The van der Waals surface area contributed by atoms with E-state index in [1.165, 1.54) is 24.6 Å². The van der Waals surface area contributed by atoms with E-state index in [0.717, 1.165) is 17.2 Å². The summed E-state index contributed by atoms with van der Waals surface area (Å²) < 4.78 is 27.7. The molecule has 1 aliphatic rings. The number of halogens is 2. The molecule has 2 atom stereocenters. The van der Waals surface area contributed by atoms with E-state index in [0.29, 0.717) is 31.2 Å². The smallest absolute Gasteiger partial charge is 0.217 e. The molecule has 0 aliphatic heterocycles. The number of aliphatic hydroxyl groups is 1. The van der Waals surface area contributed by atoms with Crippen LogP contribution >= 0.6 is 0 Å². The summed E-state index contributed by atoms with van der Waals surface area (Å²) >= 11 is 0. The molecule has 8 heteroatoms. The minimum absolute atomic E-state index is 0.0630. The highest BCUT2D eigenvalue weighted by atomic mass is 19.1. The fraction of sp³-hybridized carbons (Fsp3) is 0.515. The lowest BCUT2D eigenvalue weighted by Gasteiger charge is -2.41. The van der Waals surface area contributed by atoms with Crippen LogP contribution in [0, 0.1) is 11.6 Å². The third-order valence-corrected chi connectivity index (χ3v) is 7.88. The number of rotatable bonds is 10. The molecule has 1 aliphatic carbocycles. The molecule has 0 radical (unpaired) electrons. The lowest BCUT2D eigenvalue weighted by molar-refractivity contribution is -0.120. The molecular formula is C33H45F2N3O3. The molecule has 0 heterocycles. The fourth-order valence-corrected chi connectivity index (χ4v) is 5.33. The number of ketones is 1. The highest BCUT2D eigenvalue weighted by Crippen LogP contribution is 2.41. The topological polar surface area (TPSA) is 104 Å². The van der Waals surface area contributed by atoms with E-state index < -0.39 is 34.9 Å². The van der Waals surface area contributed by atoms with Crippen molar-refractivity contribution in [2.75, 3.05) is 6.54 Å². The van der Waals surface area contributed by atoms with Gasteiger partial charge in [0.25, 0.3) is 0 Å². The molecule has 41 heavy (non-hydrogen) atoms. The molecule has 0 spiro atoms. The van der Waals surface area contributed by atoms with E-state index in [2.05, 4.69) is 49.6 Å². The third-order valence-electron chi connectivity index (χ3n) is 7.88. The monoisotopic (exact) mass is 569 g/mol. The Kier molecular flexibility index (Phi) is 10.3. The number of amides is 1. The fourth-order valence-electron chi connectivity index (χ4n) is 5.33. The van der Waals surface area contributed by atoms with Crippen molar-refractivity contribution in [3.05, 3.63) is 82.4 Å². The number of allylic oxidation sites excluding steroid dienone is 1. The molecule has 0 aromatic heterocycles. The zero-order valence-corrected chi connectivity index (χ0v) is 25.1. The molecular weight excluding hydrogens is 524 g/mol. The van der Waals surface area contributed by atoms with Crippen molar-refractivity contribution in [2.45, 2.75) is 102 Å². The molecule has 0 saturated heterocycles. The van der Waals surface area contributed by atoms with Crippen molar-refractivity contribution in [1.82, 2.24) is 10.6 Å². The summed E-state index contributed by atoms with van der Waals surface area (Å²) in [5.41, 5.74) is 8.17. The molecule has 5 N–H and O–H groups in total. The van der Waals surface area contributed by atoms with Gasteiger partial charge in [0.05, 0.1) is 17.7 Å². The van der Waals surface area contributed by atoms with Gasteiger partial charge in [-0.2, -0.15) is 0 Å². The zero-order valence-electron chi connectivity index (χ0n) is 25.1. The first kappa shape index (κ1) is 32.6. The number of carbonyl (C=O) groups is 2. The number of nitrogens with one attached hydrogen (secondary N) is 2. The van der Waals surface area contributed by atoms with Gasteiger partial charge in [-0.15, -0.1) is 0 Å². The first-order chi connectivity index (χ1) is 19.0. The minimum atomic E-state index is -1.04. The zero-order chi connectivity index (χ0) is 30.6. The summed E-state index contributed by atoms with van der Waals surface area (Å²) in [6, 6.07) is 10.9.